The Kier molecular flexibility index (Phi) is 6.99. The fourth-order valence-corrected chi connectivity index (χ4v) is 3.04. The molecular formula is C22H18Cl2N2O5. The number of amides is 2. The van der Waals surface area contributed by atoms with Crippen molar-refractivity contribution < 1.29 is 23.5 Å². The molecule has 0 fully saturated rings. The van der Waals surface area contributed by atoms with Crippen LogP contribution < -0.4 is 10.6 Å². The second-order valence-corrected chi connectivity index (χ2v) is 7.47. The first-order valence-corrected chi connectivity index (χ1v) is 9.92. The molecule has 3 aromatic rings. The zero-order valence-electron chi connectivity index (χ0n) is 16.6. The Hall–Kier alpha value is -3.29. The molecule has 9 heteroatoms. The average Bonchev–Trinajstić information content (AvgIpc) is 3.26. The van der Waals surface area contributed by atoms with Gasteiger partial charge in [-0.05, 0) is 61.9 Å². The van der Waals surface area contributed by atoms with E-state index < -0.39 is 23.9 Å². The van der Waals surface area contributed by atoms with E-state index in [-0.39, 0.29) is 16.3 Å². The van der Waals surface area contributed by atoms with Crippen molar-refractivity contribution >= 4 is 52.4 Å². The Labute approximate surface area is 188 Å². The van der Waals surface area contributed by atoms with Gasteiger partial charge in [0.2, 0.25) is 0 Å². The van der Waals surface area contributed by atoms with Crippen molar-refractivity contribution in [1.29, 1.82) is 0 Å². The minimum Gasteiger partial charge on any atom is -0.459 e. The monoisotopic (exact) mass is 460 g/mol. The number of hydrogen-bond acceptors (Lipinski definition) is 5. The number of carbonyl (C=O) groups is 3. The summed E-state index contributed by atoms with van der Waals surface area (Å²) in [6.07, 6.45) is 0.292. The molecular weight excluding hydrogens is 443 g/mol. The Morgan fingerprint density at radius 2 is 1.77 bits per heavy atom. The smallest absolute Gasteiger partial charge is 0.338 e. The van der Waals surface area contributed by atoms with Gasteiger partial charge in [-0.2, -0.15) is 0 Å². The lowest BCUT2D eigenvalue weighted by Crippen LogP contribution is -2.30. The highest BCUT2D eigenvalue weighted by atomic mass is 35.5. The number of rotatable bonds is 6. The van der Waals surface area contributed by atoms with Crippen molar-refractivity contribution in [3.63, 3.8) is 0 Å². The predicted octanol–water partition coefficient (Wildman–Crippen LogP) is 5.33. The van der Waals surface area contributed by atoms with Gasteiger partial charge in [-0.3, -0.25) is 9.59 Å². The maximum Gasteiger partial charge on any atom is 0.338 e. The number of hydrogen-bond donors (Lipinski definition) is 2. The quantitative estimate of drug-likeness (QED) is 0.484. The molecule has 0 unspecified atom stereocenters. The van der Waals surface area contributed by atoms with Crippen LogP contribution in [0.2, 0.25) is 10.0 Å². The van der Waals surface area contributed by atoms with E-state index in [0.717, 1.165) is 5.56 Å². The number of ether oxygens (including phenoxy) is 1. The van der Waals surface area contributed by atoms with Crippen molar-refractivity contribution in [2.45, 2.75) is 20.0 Å². The third-order valence-electron chi connectivity index (χ3n) is 4.31. The van der Waals surface area contributed by atoms with Crippen LogP contribution in [0.15, 0.2) is 59.2 Å². The van der Waals surface area contributed by atoms with Crippen LogP contribution >= 0.6 is 23.2 Å². The number of halogens is 2. The van der Waals surface area contributed by atoms with Crippen molar-refractivity contribution in [3.05, 3.63) is 81.7 Å². The molecule has 0 spiro atoms. The summed E-state index contributed by atoms with van der Waals surface area (Å²) in [6, 6.07) is 12.4. The number of aryl methyl sites for hydroxylation is 1. The molecule has 0 saturated carbocycles. The van der Waals surface area contributed by atoms with Crippen LogP contribution in [0.3, 0.4) is 0 Å². The normalized spacial score (nSPS) is 11.5. The largest absolute Gasteiger partial charge is 0.459 e. The molecule has 0 aliphatic rings. The van der Waals surface area contributed by atoms with Gasteiger partial charge in [0.1, 0.15) is 0 Å². The summed E-state index contributed by atoms with van der Waals surface area (Å²) in [5, 5.41) is 5.95. The summed E-state index contributed by atoms with van der Waals surface area (Å²) in [5.41, 5.74) is 1.67. The maximum absolute atomic E-state index is 12.5. The fraction of sp³-hybridized carbons (Fsp3) is 0.136. The fourth-order valence-electron chi connectivity index (χ4n) is 2.58. The van der Waals surface area contributed by atoms with Gasteiger partial charge in [-0.15, -0.1) is 0 Å². The lowest BCUT2D eigenvalue weighted by molar-refractivity contribution is -0.123. The Morgan fingerprint density at radius 3 is 2.45 bits per heavy atom. The van der Waals surface area contributed by atoms with Crippen molar-refractivity contribution in [1.82, 2.24) is 0 Å². The van der Waals surface area contributed by atoms with E-state index in [1.165, 1.54) is 31.4 Å². The third-order valence-corrected chi connectivity index (χ3v) is 4.86. The van der Waals surface area contributed by atoms with E-state index in [4.69, 9.17) is 32.4 Å². The summed E-state index contributed by atoms with van der Waals surface area (Å²) >= 11 is 11.9. The topological polar surface area (TPSA) is 97.6 Å². The van der Waals surface area contributed by atoms with Crippen LogP contribution in [-0.4, -0.2) is 23.9 Å². The summed E-state index contributed by atoms with van der Waals surface area (Å²) in [7, 11) is 0. The third kappa shape index (κ3) is 5.65. The summed E-state index contributed by atoms with van der Waals surface area (Å²) in [6.45, 7) is 3.21. The Balaban J connectivity index is 1.66. The van der Waals surface area contributed by atoms with Gasteiger partial charge in [0, 0.05) is 10.7 Å². The molecule has 0 aliphatic heterocycles. The van der Waals surface area contributed by atoms with Crippen LogP contribution in [0.1, 0.15) is 33.4 Å². The summed E-state index contributed by atoms with van der Waals surface area (Å²) in [4.78, 5) is 37.1. The maximum atomic E-state index is 12.5. The number of benzene rings is 2. The first kappa shape index (κ1) is 22.4. The number of anilines is 2. The first-order chi connectivity index (χ1) is 14.7. The molecule has 7 nitrogen and oxygen atoms in total. The first-order valence-electron chi connectivity index (χ1n) is 9.17. The molecule has 2 amide bonds. The van der Waals surface area contributed by atoms with Crippen molar-refractivity contribution in [2.24, 2.45) is 0 Å². The van der Waals surface area contributed by atoms with E-state index >= 15 is 0 Å². The average molecular weight is 461 g/mol. The molecule has 2 aromatic carbocycles. The summed E-state index contributed by atoms with van der Waals surface area (Å²) < 4.78 is 10.3. The van der Waals surface area contributed by atoms with Gasteiger partial charge >= 0.3 is 5.97 Å². The van der Waals surface area contributed by atoms with Gasteiger partial charge in [0.25, 0.3) is 11.8 Å². The van der Waals surface area contributed by atoms with Crippen LogP contribution in [0, 0.1) is 6.92 Å². The van der Waals surface area contributed by atoms with Gasteiger partial charge < -0.3 is 19.8 Å². The molecule has 1 aromatic heterocycles. The number of nitrogens with one attached hydrogen (secondary N) is 2. The van der Waals surface area contributed by atoms with Gasteiger partial charge in [0.05, 0.1) is 22.5 Å². The standard InChI is InChI=1S/C22H18Cl2N2O5/c1-12-5-6-14(10-18(12)26-21(28)19-4-3-9-30-19)22(29)31-13(2)20(27)25-17-8-7-15(23)11-16(17)24/h3-11,13H,1-2H3,(H,25,27)(H,26,28)/t13-/m0/s1. The number of carbonyl (C=O) groups excluding carboxylic acids is 3. The van der Waals surface area contributed by atoms with Crippen molar-refractivity contribution in [3.8, 4) is 0 Å². The SMILES string of the molecule is Cc1ccc(C(=O)O[C@@H](C)C(=O)Nc2ccc(Cl)cc2Cl)cc1NC(=O)c1ccco1. The molecule has 0 saturated heterocycles. The summed E-state index contributed by atoms with van der Waals surface area (Å²) in [5.74, 6) is -1.60. The molecule has 0 aliphatic carbocycles. The molecule has 0 bridgehead atoms. The lowest BCUT2D eigenvalue weighted by Gasteiger charge is -2.15. The van der Waals surface area contributed by atoms with Gasteiger partial charge in [-0.1, -0.05) is 29.3 Å². The highest BCUT2D eigenvalue weighted by Crippen LogP contribution is 2.25. The minimum atomic E-state index is -1.10. The van der Waals surface area contributed by atoms with E-state index in [0.29, 0.717) is 16.4 Å². The van der Waals surface area contributed by atoms with E-state index in [1.54, 1.807) is 37.3 Å². The van der Waals surface area contributed by atoms with E-state index in [9.17, 15) is 14.4 Å². The number of esters is 1. The highest BCUT2D eigenvalue weighted by Gasteiger charge is 2.21. The van der Waals surface area contributed by atoms with E-state index in [1.807, 2.05) is 0 Å². The second-order valence-electron chi connectivity index (χ2n) is 6.62. The Bertz CT molecular complexity index is 1130. The van der Waals surface area contributed by atoms with Gasteiger partial charge in [0.15, 0.2) is 11.9 Å². The van der Waals surface area contributed by atoms with Gasteiger partial charge in [-0.25, -0.2) is 4.79 Å². The number of furan rings is 1. The minimum absolute atomic E-state index is 0.138. The molecule has 3 rings (SSSR count). The predicted molar refractivity (Wildman–Crippen MR) is 118 cm³/mol. The molecule has 0 radical (unpaired) electrons. The highest BCUT2D eigenvalue weighted by molar-refractivity contribution is 6.36. The molecule has 160 valence electrons. The molecule has 31 heavy (non-hydrogen) atoms. The van der Waals surface area contributed by atoms with E-state index in [2.05, 4.69) is 10.6 Å². The zero-order valence-corrected chi connectivity index (χ0v) is 18.1. The van der Waals surface area contributed by atoms with Crippen LogP contribution in [-0.2, 0) is 9.53 Å². The second kappa shape index (κ2) is 9.68. The van der Waals surface area contributed by atoms with Crippen LogP contribution in [0.25, 0.3) is 0 Å². The van der Waals surface area contributed by atoms with Crippen molar-refractivity contribution in [2.75, 3.05) is 10.6 Å². The Morgan fingerprint density at radius 1 is 1.00 bits per heavy atom. The molecule has 1 heterocycles. The lowest BCUT2D eigenvalue weighted by atomic mass is 10.1. The molecule has 1 atom stereocenters. The van der Waals surface area contributed by atoms with Crippen LogP contribution in [0.5, 0.6) is 0 Å². The molecule has 2 N–H and O–H groups in total. The zero-order chi connectivity index (χ0) is 22.5. The van der Waals surface area contributed by atoms with Crippen LogP contribution in [0.4, 0.5) is 11.4 Å².